The van der Waals surface area contributed by atoms with E-state index in [4.69, 9.17) is 16.3 Å². The number of rotatable bonds is 4. The predicted octanol–water partition coefficient (Wildman–Crippen LogP) is 2.32. The Morgan fingerprint density at radius 1 is 1.16 bits per heavy atom. The van der Waals surface area contributed by atoms with E-state index < -0.39 is 5.91 Å². The Morgan fingerprint density at radius 2 is 1.68 bits per heavy atom. The zero-order valence-electron chi connectivity index (χ0n) is 14.0. The van der Waals surface area contributed by atoms with Gasteiger partial charge in [0.1, 0.15) is 5.75 Å². The highest BCUT2D eigenvalue weighted by atomic mass is 35.5. The molecule has 2 atom stereocenters. The Bertz CT molecular complexity index is 725. The van der Waals surface area contributed by atoms with E-state index in [-0.39, 0.29) is 30.3 Å². The van der Waals surface area contributed by atoms with Gasteiger partial charge in [-0.05, 0) is 49.9 Å². The third-order valence-electron chi connectivity index (χ3n) is 4.52. The average Bonchev–Trinajstić information content (AvgIpc) is 2.83. The lowest BCUT2D eigenvalue weighted by atomic mass is 9.85. The molecule has 7 heteroatoms. The molecular weight excluding hydrogens is 344 g/mol. The van der Waals surface area contributed by atoms with Gasteiger partial charge in [-0.2, -0.15) is 5.01 Å². The minimum absolute atomic E-state index is 0.300. The van der Waals surface area contributed by atoms with Crippen molar-refractivity contribution in [2.24, 2.45) is 11.8 Å². The van der Waals surface area contributed by atoms with Crippen LogP contribution in [0.3, 0.4) is 0 Å². The molecule has 0 bridgehead atoms. The van der Waals surface area contributed by atoms with Gasteiger partial charge in [0, 0.05) is 5.02 Å². The summed E-state index contributed by atoms with van der Waals surface area (Å²) in [5.41, 5.74) is 4.05. The van der Waals surface area contributed by atoms with Gasteiger partial charge < -0.3 is 4.74 Å². The van der Waals surface area contributed by atoms with Crippen molar-refractivity contribution < 1.29 is 19.1 Å². The maximum atomic E-state index is 12.3. The van der Waals surface area contributed by atoms with E-state index in [9.17, 15) is 14.4 Å². The molecule has 1 N–H and O–H groups in total. The second kappa shape index (κ2) is 6.88. The maximum Gasteiger partial charge on any atom is 0.276 e. The van der Waals surface area contributed by atoms with Gasteiger partial charge in [-0.25, -0.2) is 0 Å². The van der Waals surface area contributed by atoms with Crippen LogP contribution in [-0.4, -0.2) is 29.3 Å². The summed E-state index contributed by atoms with van der Waals surface area (Å²) in [6.07, 6.45) is 4.85. The van der Waals surface area contributed by atoms with Crippen LogP contribution in [0.5, 0.6) is 5.75 Å². The van der Waals surface area contributed by atoms with E-state index >= 15 is 0 Å². The number of allylic oxidation sites excluding steroid dienone is 2. The summed E-state index contributed by atoms with van der Waals surface area (Å²) >= 11 is 6.10. The third kappa shape index (κ3) is 3.39. The van der Waals surface area contributed by atoms with Crippen molar-refractivity contribution in [1.82, 2.24) is 10.4 Å². The van der Waals surface area contributed by atoms with Crippen LogP contribution in [0.1, 0.15) is 24.0 Å². The Labute approximate surface area is 150 Å². The third-order valence-corrected chi connectivity index (χ3v) is 5.12. The molecule has 1 aliphatic heterocycles. The molecule has 1 aromatic rings. The van der Waals surface area contributed by atoms with Crippen LogP contribution in [0.2, 0.25) is 5.02 Å². The molecule has 6 nitrogen and oxygen atoms in total. The molecule has 2 aliphatic rings. The van der Waals surface area contributed by atoms with Crippen LogP contribution in [0.4, 0.5) is 0 Å². The minimum atomic E-state index is -0.557. The number of hydrogen-bond acceptors (Lipinski definition) is 4. The number of hydrogen-bond donors (Lipinski definition) is 1. The van der Waals surface area contributed by atoms with Crippen LogP contribution in [0.15, 0.2) is 24.3 Å². The van der Waals surface area contributed by atoms with E-state index in [0.29, 0.717) is 23.6 Å². The van der Waals surface area contributed by atoms with Crippen molar-refractivity contribution in [3.63, 3.8) is 0 Å². The monoisotopic (exact) mass is 362 g/mol. The molecule has 1 saturated heterocycles. The van der Waals surface area contributed by atoms with Crippen molar-refractivity contribution in [2.75, 3.05) is 6.61 Å². The van der Waals surface area contributed by atoms with Gasteiger partial charge in [0.25, 0.3) is 17.7 Å². The summed E-state index contributed by atoms with van der Waals surface area (Å²) in [5.74, 6) is -1.51. The van der Waals surface area contributed by atoms with Crippen LogP contribution < -0.4 is 10.2 Å². The second-order valence-corrected chi connectivity index (χ2v) is 6.74. The summed E-state index contributed by atoms with van der Waals surface area (Å²) in [7, 11) is 0. The molecule has 3 rings (SSSR count). The number of aryl methyl sites for hydroxylation is 2. The molecule has 1 aromatic carbocycles. The van der Waals surface area contributed by atoms with Gasteiger partial charge in [0.05, 0.1) is 11.8 Å². The van der Waals surface area contributed by atoms with E-state index in [1.54, 1.807) is 12.1 Å². The molecule has 25 heavy (non-hydrogen) atoms. The van der Waals surface area contributed by atoms with Crippen LogP contribution >= 0.6 is 11.6 Å². The predicted molar refractivity (Wildman–Crippen MR) is 91.8 cm³/mol. The lowest BCUT2D eigenvalue weighted by Gasteiger charge is -2.16. The molecule has 0 unspecified atom stereocenters. The quantitative estimate of drug-likeness (QED) is 0.658. The Morgan fingerprint density at radius 3 is 2.20 bits per heavy atom. The molecular formula is C18H19ClN2O4. The summed E-state index contributed by atoms with van der Waals surface area (Å²) in [5, 5.41) is 1.49. The highest BCUT2D eigenvalue weighted by molar-refractivity contribution is 6.32. The summed E-state index contributed by atoms with van der Waals surface area (Å²) in [6, 6.07) is 3.46. The van der Waals surface area contributed by atoms with Crippen molar-refractivity contribution >= 4 is 29.3 Å². The number of carbonyl (C=O) groups is 3. The fraction of sp³-hybridized carbons (Fsp3) is 0.389. The summed E-state index contributed by atoms with van der Waals surface area (Å²) < 4.78 is 5.45. The number of amides is 3. The van der Waals surface area contributed by atoms with Gasteiger partial charge >= 0.3 is 0 Å². The van der Waals surface area contributed by atoms with Crippen LogP contribution in [-0.2, 0) is 14.4 Å². The fourth-order valence-corrected chi connectivity index (χ4v) is 3.31. The number of carbonyl (C=O) groups excluding carboxylic acids is 3. The zero-order chi connectivity index (χ0) is 18.1. The first-order valence-electron chi connectivity index (χ1n) is 8.10. The number of hydrazine groups is 1. The normalized spacial score (nSPS) is 22.1. The number of nitrogens with one attached hydrogen (secondary N) is 1. The standard InChI is InChI=1S/C18H19ClN2O4/c1-10-7-12(8-11(2)16(10)19)25-9-15(22)20-21-17(23)13-5-3-4-6-14(13)18(21)24/h3-4,7-8,13-14H,5-6,9H2,1-2H3,(H,20,22)/t13-,14-/m1/s1. The second-order valence-electron chi connectivity index (χ2n) is 6.36. The lowest BCUT2D eigenvalue weighted by molar-refractivity contribution is -0.149. The molecule has 3 amide bonds. The molecule has 0 saturated carbocycles. The van der Waals surface area contributed by atoms with Gasteiger partial charge in [-0.15, -0.1) is 0 Å². The average molecular weight is 363 g/mol. The van der Waals surface area contributed by atoms with E-state index in [0.717, 1.165) is 16.1 Å². The number of halogens is 1. The minimum Gasteiger partial charge on any atom is -0.484 e. The molecule has 0 aromatic heterocycles. The van der Waals surface area contributed by atoms with Gasteiger partial charge in [0.15, 0.2) is 6.61 Å². The van der Waals surface area contributed by atoms with Gasteiger partial charge in [-0.3, -0.25) is 19.8 Å². The largest absolute Gasteiger partial charge is 0.484 e. The Hall–Kier alpha value is -2.34. The number of fused-ring (bicyclic) bond motifs is 1. The van der Waals surface area contributed by atoms with Crippen molar-refractivity contribution in [3.05, 3.63) is 40.4 Å². The zero-order valence-corrected chi connectivity index (χ0v) is 14.8. The Balaban J connectivity index is 1.60. The van der Waals surface area contributed by atoms with E-state index in [1.165, 1.54) is 0 Å². The molecule has 132 valence electrons. The maximum absolute atomic E-state index is 12.3. The number of nitrogens with zero attached hydrogens (tertiary/aromatic N) is 1. The van der Waals surface area contributed by atoms with E-state index in [2.05, 4.69) is 5.43 Å². The number of ether oxygens (including phenoxy) is 1. The number of imide groups is 1. The smallest absolute Gasteiger partial charge is 0.276 e. The topological polar surface area (TPSA) is 75.7 Å². The van der Waals surface area contributed by atoms with Crippen LogP contribution in [0, 0.1) is 25.7 Å². The highest BCUT2D eigenvalue weighted by Crippen LogP contribution is 2.34. The van der Waals surface area contributed by atoms with Crippen molar-refractivity contribution in [3.8, 4) is 5.75 Å². The summed E-state index contributed by atoms with van der Waals surface area (Å²) in [6.45, 7) is 3.39. The Kier molecular flexibility index (Phi) is 4.81. The molecule has 1 fully saturated rings. The first-order valence-corrected chi connectivity index (χ1v) is 8.48. The highest BCUT2D eigenvalue weighted by Gasteiger charge is 2.48. The van der Waals surface area contributed by atoms with Crippen LogP contribution in [0.25, 0.3) is 0 Å². The molecule has 1 aliphatic carbocycles. The first kappa shape index (κ1) is 17.5. The van der Waals surface area contributed by atoms with Gasteiger partial charge in [-0.1, -0.05) is 23.8 Å². The lowest BCUT2D eigenvalue weighted by Crippen LogP contribution is -2.48. The first-order chi connectivity index (χ1) is 11.9. The SMILES string of the molecule is Cc1cc(OCC(=O)NN2C(=O)[C@@H]3CC=CC[C@H]3C2=O)cc(C)c1Cl. The van der Waals surface area contributed by atoms with Gasteiger partial charge in [0.2, 0.25) is 0 Å². The van der Waals surface area contributed by atoms with E-state index in [1.807, 2.05) is 26.0 Å². The molecule has 1 heterocycles. The van der Waals surface area contributed by atoms with Crippen molar-refractivity contribution in [2.45, 2.75) is 26.7 Å². The fourth-order valence-electron chi connectivity index (χ4n) is 3.21. The molecule has 0 spiro atoms. The molecule has 0 radical (unpaired) electrons. The summed E-state index contributed by atoms with van der Waals surface area (Å²) in [4.78, 5) is 36.7. The number of benzene rings is 1. The van der Waals surface area contributed by atoms with Crippen molar-refractivity contribution in [1.29, 1.82) is 0 Å².